The Morgan fingerprint density at radius 1 is 0.545 bits per heavy atom. The molecule has 0 saturated carbocycles. The van der Waals surface area contributed by atoms with Crippen molar-refractivity contribution in [2.24, 2.45) is 39.9 Å². The molecule has 0 aromatic carbocycles. The maximum absolute atomic E-state index is 11.8. The molecule has 3 N–H and O–H groups in total. The monoisotopic (exact) mass is 939 g/mol. The minimum absolute atomic E-state index is 0.0374. The molecule has 378 valence electrons. The predicted octanol–water partition coefficient (Wildman–Crippen LogP) is 7.30. The first-order valence-electron chi connectivity index (χ1n) is 23.0. The molecule has 0 bridgehead atoms. The molecule has 0 aromatic rings. The van der Waals surface area contributed by atoms with Crippen LogP contribution in [0.15, 0.2) is 12.2 Å². The van der Waals surface area contributed by atoms with Gasteiger partial charge in [-0.15, -0.1) is 0 Å². The molecule has 1 aliphatic rings. The molecule has 1 heterocycles. The van der Waals surface area contributed by atoms with Crippen molar-refractivity contribution in [2.45, 2.75) is 174 Å². The number of hydrogen-bond acceptors (Lipinski definition) is 13. The maximum Gasteiger partial charge on any atom is 0.328 e. The number of carbonyl (C=O) groups is 10. The molecule has 0 aromatic heterocycles. The molecule has 17 heteroatoms. The number of hydrogen-bond donors (Lipinski definition) is 3. The zero-order chi connectivity index (χ0) is 51.6. The van der Waals surface area contributed by atoms with Gasteiger partial charge in [-0.25, -0.2) is 4.79 Å². The highest BCUT2D eigenvalue weighted by molar-refractivity contribution is 6.14. The summed E-state index contributed by atoms with van der Waals surface area (Å²) in [6.07, 6.45) is 8.02. The van der Waals surface area contributed by atoms with Crippen LogP contribution in [0.25, 0.3) is 0 Å². The molecule has 1 aliphatic heterocycles. The SMILES string of the molecule is CC(CC(=O)CC(C)C(=O)OCCCC(C)(C)C)C(=O)O.CC(CCC(=O)CC(C)C(=O)OCCCC(C)(C)C)C(=O)O.CC(NC(=O)CN1C(=O)C=CC1=O)C(=O)OCCCC(C)(C)C. The standard InChI is InChI=1S/C17H30O5.C16H24N2O5.C16H28O5/c1-12(15(19)20)7-8-14(18)11-13(2)16(21)22-10-6-9-17(3,4)5;1-11(15(22)23-9-5-8-16(2,3)4)17-12(19)10-18-13(20)6-7-14(18)21;1-11(14(18)19)9-13(17)10-12(2)15(20)21-8-6-7-16(3,4)5/h12-13H,6-11H2,1-5H3,(H,19,20);6-7,11H,5,8-10H2,1-4H3,(H,17,19);11-12H,6-10H2,1-5H3,(H,18,19). The van der Waals surface area contributed by atoms with Gasteiger partial charge < -0.3 is 29.7 Å². The van der Waals surface area contributed by atoms with Gasteiger partial charge in [-0.05, 0) is 68.1 Å². The summed E-state index contributed by atoms with van der Waals surface area (Å²) in [6.45, 7) is 27.6. The lowest BCUT2D eigenvalue weighted by molar-refractivity contribution is -0.150. The summed E-state index contributed by atoms with van der Waals surface area (Å²) in [7, 11) is 0. The van der Waals surface area contributed by atoms with E-state index in [9.17, 15) is 47.9 Å². The van der Waals surface area contributed by atoms with Crippen LogP contribution in [0.1, 0.15) is 168 Å². The van der Waals surface area contributed by atoms with Crippen LogP contribution < -0.4 is 5.32 Å². The summed E-state index contributed by atoms with van der Waals surface area (Å²) in [5, 5.41) is 19.9. The van der Waals surface area contributed by atoms with Crippen LogP contribution in [0.2, 0.25) is 0 Å². The summed E-state index contributed by atoms with van der Waals surface area (Å²) in [5.41, 5.74) is 0.602. The third-order valence-electron chi connectivity index (χ3n) is 9.99. The van der Waals surface area contributed by atoms with E-state index < -0.39 is 71.9 Å². The van der Waals surface area contributed by atoms with E-state index in [-0.39, 0.29) is 65.4 Å². The van der Waals surface area contributed by atoms with E-state index in [0.29, 0.717) is 26.2 Å². The van der Waals surface area contributed by atoms with Gasteiger partial charge in [-0.1, -0.05) is 90.0 Å². The largest absolute Gasteiger partial charge is 0.481 e. The first-order chi connectivity index (χ1) is 30.1. The Morgan fingerprint density at radius 3 is 1.26 bits per heavy atom. The Bertz CT molecular complexity index is 1630. The Labute approximate surface area is 392 Å². The van der Waals surface area contributed by atoms with Crippen molar-refractivity contribution in [3.63, 3.8) is 0 Å². The lowest BCUT2D eigenvalue weighted by Crippen LogP contribution is -2.46. The van der Waals surface area contributed by atoms with Gasteiger partial charge in [-0.2, -0.15) is 0 Å². The molecule has 5 unspecified atom stereocenters. The lowest BCUT2D eigenvalue weighted by atomic mass is 9.91. The number of imide groups is 1. The topological polar surface area (TPSA) is 254 Å². The average molecular weight is 939 g/mol. The third-order valence-corrected chi connectivity index (χ3v) is 9.99. The molecule has 0 aliphatic carbocycles. The van der Waals surface area contributed by atoms with E-state index in [1.54, 1.807) is 20.8 Å². The van der Waals surface area contributed by atoms with Gasteiger partial charge in [0.25, 0.3) is 11.8 Å². The van der Waals surface area contributed by atoms with E-state index in [1.165, 1.54) is 13.8 Å². The second kappa shape index (κ2) is 31.1. The van der Waals surface area contributed by atoms with Gasteiger partial charge >= 0.3 is 29.8 Å². The fourth-order valence-electron chi connectivity index (χ4n) is 5.78. The number of rotatable bonds is 26. The second-order valence-corrected chi connectivity index (χ2v) is 20.9. The van der Waals surface area contributed by atoms with E-state index in [2.05, 4.69) is 67.6 Å². The fraction of sp³-hybridized carbons (Fsp3) is 0.755. The van der Waals surface area contributed by atoms with Gasteiger partial charge in [0.2, 0.25) is 5.91 Å². The van der Waals surface area contributed by atoms with Gasteiger partial charge in [0.15, 0.2) is 0 Å². The van der Waals surface area contributed by atoms with E-state index >= 15 is 0 Å². The van der Waals surface area contributed by atoms with Crippen molar-refractivity contribution in [1.29, 1.82) is 0 Å². The summed E-state index contributed by atoms with van der Waals surface area (Å²) < 4.78 is 15.4. The maximum atomic E-state index is 11.8. The van der Waals surface area contributed by atoms with Crippen molar-refractivity contribution in [3.8, 4) is 0 Å². The molecule has 0 fully saturated rings. The Balaban J connectivity index is 0. The number of esters is 3. The number of carboxylic acids is 2. The van der Waals surface area contributed by atoms with Crippen LogP contribution in [-0.4, -0.2) is 107 Å². The minimum Gasteiger partial charge on any atom is -0.481 e. The smallest absolute Gasteiger partial charge is 0.328 e. The van der Waals surface area contributed by atoms with E-state index in [4.69, 9.17) is 24.4 Å². The highest BCUT2D eigenvalue weighted by atomic mass is 16.5. The molecular formula is C49H82N2O15. The molecule has 0 saturated heterocycles. The summed E-state index contributed by atoms with van der Waals surface area (Å²) in [4.78, 5) is 115. The molecule has 66 heavy (non-hydrogen) atoms. The third kappa shape index (κ3) is 33.5. The molecule has 3 amide bonds. The fourth-order valence-corrected chi connectivity index (χ4v) is 5.78. The lowest BCUT2D eigenvalue weighted by Gasteiger charge is -2.19. The van der Waals surface area contributed by atoms with Crippen LogP contribution in [-0.2, 0) is 62.2 Å². The summed E-state index contributed by atoms with van der Waals surface area (Å²) in [5.74, 6) is -7.40. The van der Waals surface area contributed by atoms with Gasteiger partial charge in [0.1, 0.15) is 24.2 Å². The quantitative estimate of drug-likeness (QED) is 0.0333. The van der Waals surface area contributed by atoms with Gasteiger partial charge in [-0.3, -0.25) is 48.1 Å². The van der Waals surface area contributed by atoms with Crippen LogP contribution >= 0.6 is 0 Å². The Kier molecular flexibility index (Phi) is 29.7. The van der Waals surface area contributed by atoms with Gasteiger partial charge in [0, 0.05) is 37.8 Å². The minimum atomic E-state index is -0.999. The highest BCUT2D eigenvalue weighted by Gasteiger charge is 2.28. The first-order valence-corrected chi connectivity index (χ1v) is 23.0. The normalized spacial score (nSPS) is 14.8. The van der Waals surface area contributed by atoms with Crippen molar-refractivity contribution in [2.75, 3.05) is 26.4 Å². The first kappa shape index (κ1) is 63.1. The van der Waals surface area contributed by atoms with Crippen molar-refractivity contribution >= 4 is 59.1 Å². The van der Waals surface area contributed by atoms with Crippen LogP contribution in [0.3, 0.4) is 0 Å². The van der Waals surface area contributed by atoms with Crippen molar-refractivity contribution in [1.82, 2.24) is 10.2 Å². The Hall–Kier alpha value is -4.96. The molecule has 5 atom stereocenters. The summed E-state index contributed by atoms with van der Waals surface area (Å²) in [6, 6.07) is -0.835. The molecule has 0 spiro atoms. The zero-order valence-electron chi connectivity index (χ0n) is 42.3. The molecular weight excluding hydrogens is 857 g/mol. The summed E-state index contributed by atoms with van der Waals surface area (Å²) >= 11 is 0. The van der Waals surface area contributed by atoms with E-state index in [1.807, 2.05) is 0 Å². The number of carboxylic acid groups (broad SMARTS) is 2. The second-order valence-electron chi connectivity index (χ2n) is 20.9. The van der Waals surface area contributed by atoms with Crippen LogP contribution in [0.5, 0.6) is 0 Å². The Morgan fingerprint density at radius 2 is 0.894 bits per heavy atom. The number of ether oxygens (including phenoxy) is 3. The predicted molar refractivity (Wildman–Crippen MR) is 247 cm³/mol. The number of aliphatic carboxylic acids is 2. The van der Waals surface area contributed by atoms with Gasteiger partial charge in [0.05, 0.1) is 43.5 Å². The van der Waals surface area contributed by atoms with Crippen LogP contribution in [0, 0.1) is 39.9 Å². The highest BCUT2D eigenvalue weighted by Crippen LogP contribution is 2.22. The number of nitrogens with zero attached hydrogens (tertiary/aromatic N) is 1. The van der Waals surface area contributed by atoms with Crippen molar-refractivity contribution < 1.29 is 72.4 Å². The number of Topliss-reactive ketones (excluding diaryl/α,β-unsaturated/α-hetero) is 2. The zero-order valence-corrected chi connectivity index (χ0v) is 42.3. The average Bonchev–Trinajstić information content (AvgIpc) is 3.49. The molecule has 1 rings (SSSR count). The number of ketones is 2. The number of amides is 3. The number of carbonyl (C=O) groups excluding carboxylic acids is 8. The van der Waals surface area contributed by atoms with Crippen molar-refractivity contribution in [3.05, 3.63) is 12.2 Å². The van der Waals surface area contributed by atoms with Crippen LogP contribution in [0.4, 0.5) is 0 Å². The number of nitrogens with one attached hydrogen (secondary N) is 1. The molecule has 0 radical (unpaired) electrons. The molecule has 17 nitrogen and oxygen atoms in total. The van der Waals surface area contributed by atoms with E-state index in [0.717, 1.165) is 55.6 Å².